The molecule has 3 rings (SSSR count). The van der Waals surface area contributed by atoms with Gasteiger partial charge < -0.3 is 5.32 Å². The monoisotopic (exact) mass is 483 g/mol. The summed E-state index contributed by atoms with van der Waals surface area (Å²) in [6, 6.07) is 20.3. The van der Waals surface area contributed by atoms with E-state index in [1.54, 1.807) is 30.3 Å². The first-order valence-electron chi connectivity index (χ1n) is 11.1. The van der Waals surface area contributed by atoms with Gasteiger partial charge in [-0.3, -0.25) is 9.10 Å². The molecule has 0 saturated heterocycles. The molecule has 0 aliphatic rings. The Bertz CT molecular complexity index is 1230. The molecule has 0 aromatic heterocycles. The van der Waals surface area contributed by atoms with Gasteiger partial charge in [0.05, 0.1) is 18.3 Å². The molecule has 8 heteroatoms. The maximum absolute atomic E-state index is 14.4. The highest BCUT2D eigenvalue weighted by molar-refractivity contribution is 7.90. The van der Waals surface area contributed by atoms with Crippen LogP contribution in [-0.4, -0.2) is 32.7 Å². The Balaban J connectivity index is 1.76. The first-order valence-corrected chi connectivity index (χ1v) is 12.5. The number of hydrogen-bond donors (Lipinski definition) is 1. The molecule has 34 heavy (non-hydrogen) atoms. The predicted molar refractivity (Wildman–Crippen MR) is 133 cm³/mol. The summed E-state index contributed by atoms with van der Waals surface area (Å²) < 4.78 is 42.2. The lowest BCUT2D eigenvalue weighted by Gasteiger charge is -2.27. The topological polar surface area (TPSA) is 69.7 Å². The van der Waals surface area contributed by atoms with E-state index < -0.39 is 16.0 Å². The van der Waals surface area contributed by atoms with E-state index in [0.29, 0.717) is 11.1 Å². The summed E-state index contributed by atoms with van der Waals surface area (Å²) in [5, 5.41) is 2.98. The second-order valence-electron chi connectivity index (χ2n) is 8.24. The number of benzene rings is 3. The van der Waals surface area contributed by atoms with Crippen molar-refractivity contribution in [3.05, 3.63) is 101 Å². The molecule has 0 radical (unpaired) electrons. The Kier molecular flexibility index (Phi) is 8.06. The molecule has 0 heterocycles. The lowest BCUT2D eigenvalue weighted by atomic mass is 10.0. The largest absolute Gasteiger partial charge is 0.346 e. The van der Waals surface area contributed by atoms with Crippen LogP contribution in [0.5, 0.6) is 0 Å². The highest BCUT2D eigenvalue weighted by Gasteiger charge is 2.27. The summed E-state index contributed by atoms with van der Waals surface area (Å²) in [4.78, 5) is 12.7. The third kappa shape index (κ3) is 5.81. The van der Waals surface area contributed by atoms with Gasteiger partial charge in [-0.05, 0) is 54.3 Å². The van der Waals surface area contributed by atoms with Gasteiger partial charge in [-0.1, -0.05) is 55.5 Å². The van der Waals surface area contributed by atoms with E-state index in [-0.39, 0.29) is 24.2 Å². The van der Waals surface area contributed by atoms with E-state index in [4.69, 9.17) is 0 Å². The highest BCUT2D eigenvalue weighted by atomic mass is 32.2. The summed E-state index contributed by atoms with van der Waals surface area (Å²) in [7, 11) is -1.15. The van der Waals surface area contributed by atoms with Crippen LogP contribution in [0.3, 0.4) is 0 Å². The average Bonchev–Trinajstić information content (AvgIpc) is 2.83. The third-order valence-electron chi connectivity index (χ3n) is 5.64. The van der Waals surface area contributed by atoms with Crippen LogP contribution in [0.2, 0.25) is 0 Å². The second kappa shape index (κ2) is 10.8. The van der Waals surface area contributed by atoms with Crippen molar-refractivity contribution in [3.8, 4) is 0 Å². The normalized spacial score (nSPS) is 12.4. The van der Waals surface area contributed by atoms with E-state index in [1.807, 2.05) is 19.1 Å². The fraction of sp³-hybridized carbons (Fsp3) is 0.269. The molecule has 6 nitrogen and oxygen atoms in total. The van der Waals surface area contributed by atoms with Crippen molar-refractivity contribution < 1.29 is 17.6 Å². The van der Waals surface area contributed by atoms with Crippen LogP contribution in [-0.2, 0) is 23.2 Å². The molecule has 0 bridgehead atoms. The zero-order chi connectivity index (χ0) is 24.9. The van der Waals surface area contributed by atoms with Crippen molar-refractivity contribution in [1.82, 2.24) is 9.62 Å². The fourth-order valence-electron chi connectivity index (χ4n) is 3.47. The minimum atomic E-state index is -3.94. The van der Waals surface area contributed by atoms with Gasteiger partial charge in [0.25, 0.3) is 5.91 Å². The third-order valence-corrected chi connectivity index (χ3v) is 7.44. The van der Waals surface area contributed by atoms with Gasteiger partial charge in [-0.25, -0.2) is 4.39 Å². The molecule has 180 valence electrons. The quantitative estimate of drug-likeness (QED) is 0.480. The number of hydrogen-bond acceptors (Lipinski definition) is 3. The molecule has 3 aromatic carbocycles. The van der Waals surface area contributed by atoms with Crippen LogP contribution in [0.15, 0.2) is 72.8 Å². The second-order valence-corrected chi connectivity index (χ2v) is 10.3. The molecular weight excluding hydrogens is 453 g/mol. The van der Waals surface area contributed by atoms with Crippen LogP contribution in [0.4, 0.5) is 10.1 Å². The number of amides is 1. The summed E-state index contributed by atoms with van der Waals surface area (Å²) in [6.07, 6.45) is 0.956. The fourth-order valence-corrected chi connectivity index (χ4v) is 4.58. The van der Waals surface area contributed by atoms with E-state index in [2.05, 4.69) is 24.4 Å². The van der Waals surface area contributed by atoms with Crippen molar-refractivity contribution >= 4 is 21.8 Å². The number of carbonyl (C=O) groups excluding carboxylic acids is 1. The highest BCUT2D eigenvalue weighted by Crippen LogP contribution is 2.25. The molecule has 0 spiro atoms. The number of rotatable bonds is 9. The van der Waals surface area contributed by atoms with Gasteiger partial charge in [0, 0.05) is 19.7 Å². The lowest BCUT2D eigenvalue weighted by Crippen LogP contribution is -2.40. The predicted octanol–water partition coefficient (Wildman–Crippen LogP) is 4.69. The Morgan fingerprint density at radius 2 is 1.53 bits per heavy atom. The van der Waals surface area contributed by atoms with Gasteiger partial charge in [0.15, 0.2) is 0 Å². The minimum absolute atomic E-state index is 0.0408. The molecular formula is C26H30FN3O3S. The summed E-state index contributed by atoms with van der Waals surface area (Å²) in [5.74, 6) is -0.865. The zero-order valence-electron chi connectivity index (χ0n) is 19.8. The standard InChI is InChI=1S/C26H30FN3O3S/c1-5-20-10-14-22(15-11-20)19(2)28-26(31)23-16-12-21(13-17-23)18-30(34(32,33)29(3)4)25-9-7-6-8-24(25)27/h6-17,19H,5,18H2,1-4H3,(H,28,31)/t19-/m1/s1. The van der Waals surface area contributed by atoms with Crippen molar-refractivity contribution in [3.63, 3.8) is 0 Å². The number of anilines is 1. The lowest BCUT2D eigenvalue weighted by molar-refractivity contribution is 0.0940. The molecule has 1 N–H and O–H groups in total. The van der Waals surface area contributed by atoms with E-state index in [1.165, 1.54) is 37.9 Å². The first-order chi connectivity index (χ1) is 16.1. The van der Waals surface area contributed by atoms with Crippen LogP contribution in [0, 0.1) is 5.82 Å². The summed E-state index contributed by atoms with van der Waals surface area (Å²) in [5.41, 5.74) is 3.28. The smallest absolute Gasteiger partial charge is 0.303 e. The number of carbonyl (C=O) groups is 1. The Labute approximate surface area is 201 Å². The Morgan fingerprint density at radius 1 is 0.941 bits per heavy atom. The number of halogens is 1. The van der Waals surface area contributed by atoms with Crippen LogP contribution in [0.1, 0.15) is 46.9 Å². The van der Waals surface area contributed by atoms with Crippen molar-refractivity contribution in [2.45, 2.75) is 32.9 Å². The van der Waals surface area contributed by atoms with Crippen molar-refractivity contribution in [2.75, 3.05) is 18.4 Å². The number of nitrogens with one attached hydrogen (secondary N) is 1. The zero-order valence-corrected chi connectivity index (χ0v) is 20.6. The van der Waals surface area contributed by atoms with Gasteiger partial charge >= 0.3 is 10.2 Å². The molecule has 0 fully saturated rings. The molecule has 1 amide bonds. The maximum Gasteiger partial charge on any atom is 0.303 e. The van der Waals surface area contributed by atoms with Crippen LogP contribution < -0.4 is 9.62 Å². The van der Waals surface area contributed by atoms with Crippen LogP contribution >= 0.6 is 0 Å². The Hall–Kier alpha value is -3.23. The van der Waals surface area contributed by atoms with Crippen LogP contribution in [0.25, 0.3) is 0 Å². The summed E-state index contributed by atoms with van der Waals surface area (Å²) in [6.45, 7) is 3.94. The Morgan fingerprint density at radius 3 is 2.09 bits per heavy atom. The van der Waals surface area contributed by atoms with E-state index in [9.17, 15) is 17.6 Å². The van der Waals surface area contributed by atoms with Gasteiger partial charge in [0.2, 0.25) is 0 Å². The SMILES string of the molecule is CCc1ccc([C@@H](C)NC(=O)c2ccc(CN(c3ccccc3F)S(=O)(=O)N(C)C)cc2)cc1. The average molecular weight is 484 g/mol. The molecule has 0 aliphatic heterocycles. The molecule has 3 aromatic rings. The minimum Gasteiger partial charge on any atom is -0.346 e. The number of para-hydroxylation sites is 1. The molecule has 0 aliphatic carbocycles. The number of nitrogens with zero attached hydrogens (tertiary/aromatic N) is 2. The van der Waals surface area contributed by atoms with Crippen molar-refractivity contribution in [2.24, 2.45) is 0 Å². The van der Waals surface area contributed by atoms with E-state index >= 15 is 0 Å². The van der Waals surface area contributed by atoms with E-state index in [0.717, 1.165) is 20.6 Å². The summed E-state index contributed by atoms with van der Waals surface area (Å²) >= 11 is 0. The molecule has 0 saturated carbocycles. The van der Waals surface area contributed by atoms with Gasteiger partial charge in [0.1, 0.15) is 5.82 Å². The van der Waals surface area contributed by atoms with Gasteiger partial charge in [-0.15, -0.1) is 0 Å². The van der Waals surface area contributed by atoms with Crippen molar-refractivity contribution in [1.29, 1.82) is 0 Å². The van der Waals surface area contributed by atoms with Gasteiger partial charge in [-0.2, -0.15) is 12.7 Å². The first kappa shape index (κ1) is 25.4. The molecule has 1 atom stereocenters. The molecule has 0 unspecified atom stereocenters. The number of aryl methyl sites for hydroxylation is 1. The maximum atomic E-state index is 14.4.